The number of fused-ring (bicyclic) bond motifs is 3. The number of pyridine rings is 1. The average molecular weight is 644 g/mol. The monoisotopic (exact) mass is 643 g/mol. The summed E-state index contributed by atoms with van der Waals surface area (Å²) in [5.74, 6) is 3.09. The van der Waals surface area contributed by atoms with Crippen molar-refractivity contribution in [2.24, 2.45) is 0 Å². The molecule has 0 atom stereocenters. The Morgan fingerprint density at radius 2 is 1.41 bits per heavy atom. The van der Waals surface area contributed by atoms with Crippen molar-refractivity contribution in [1.82, 2.24) is 19.1 Å². The highest BCUT2D eigenvalue weighted by Crippen LogP contribution is 2.37. The molecule has 0 spiro atoms. The summed E-state index contributed by atoms with van der Waals surface area (Å²) in [6.07, 6.45) is 5.75. The molecule has 0 unspecified atom stereocenters. The van der Waals surface area contributed by atoms with E-state index in [4.69, 9.17) is 14.7 Å². The minimum atomic E-state index is -0.0360. The van der Waals surface area contributed by atoms with E-state index in [1.807, 2.05) is 61.1 Å². The standard InChI is InChI=1S/C43H41N5O/c1-27-20-32(43(6,7)8)21-28(2)40(27)47-19-18-46-41(47)30-10-9-11-33(23-30)49-34-13-14-35-36-22-29(26-44)12-15-37(36)48(38(35)25-34)39-24-31(16-17-45-39)42(3,4)5/h9-25H,1-8H3. The highest BCUT2D eigenvalue weighted by atomic mass is 16.5. The lowest BCUT2D eigenvalue weighted by Crippen LogP contribution is -2.13. The van der Waals surface area contributed by atoms with Gasteiger partial charge in [-0.1, -0.05) is 65.8 Å². The van der Waals surface area contributed by atoms with Crippen molar-refractivity contribution in [3.63, 3.8) is 0 Å². The van der Waals surface area contributed by atoms with E-state index in [0.717, 1.165) is 44.7 Å². The second-order valence-electron chi connectivity index (χ2n) is 15.0. The number of hydrogen-bond acceptors (Lipinski definition) is 4. The van der Waals surface area contributed by atoms with Gasteiger partial charge < -0.3 is 4.74 Å². The van der Waals surface area contributed by atoms with Crippen LogP contribution in [0.15, 0.2) is 104 Å². The summed E-state index contributed by atoms with van der Waals surface area (Å²) in [4.78, 5) is 9.59. The van der Waals surface area contributed by atoms with Crippen LogP contribution < -0.4 is 4.74 Å². The van der Waals surface area contributed by atoms with Crippen molar-refractivity contribution >= 4 is 21.8 Å². The summed E-state index contributed by atoms with van der Waals surface area (Å²) in [5.41, 5.74) is 9.65. The lowest BCUT2D eigenvalue weighted by Gasteiger charge is -2.23. The lowest BCUT2D eigenvalue weighted by molar-refractivity contribution is 0.483. The molecule has 0 aliphatic heterocycles. The van der Waals surface area contributed by atoms with Crippen molar-refractivity contribution in [3.05, 3.63) is 131 Å². The number of benzene rings is 4. The van der Waals surface area contributed by atoms with Gasteiger partial charge in [-0.25, -0.2) is 9.97 Å². The van der Waals surface area contributed by atoms with Gasteiger partial charge in [0.2, 0.25) is 0 Å². The zero-order valence-corrected chi connectivity index (χ0v) is 29.5. The van der Waals surface area contributed by atoms with E-state index in [2.05, 4.69) is 113 Å². The molecular formula is C43H41N5O. The zero-order chi connectivity index (χ0) is 34.7. The Balaban J connectivity index is 1.29. The lowest BCUT2D eigenvalue weighted by atomic mass is 9.84. The van der Waals surface area contributed by atoms with Gasteiger partial charge in [0.1, 0.15) is 23.1 Å². The van der Waals surface area contributed by atoms with Crippen LogP contribution in [-0.2, 0) is 10.8 Å². The van der Waals surface area contributed by atoms with Gasteiger partial charge >= 0.3 is 0 Å². The van der Waals surface area contributed by atoms with E-state index in [0.29, 0.717) is 17.1 Å². The zero-order valence-electron chi connectivity index (χ0n) is 29.5. The maximum atomic E-state index is 9.67. The van der Waals surface area contributed by atoms with Crippen LogP contribution >= 0.6 is 0 Å². The number of hydrogen-bond donors (Lipinski definition) is 0. The molecule has 0 aliphatic rings. The molecule has 6 nitrogen and oxygen atoms in total. The minimum Gasteiger partial charge on any atom is -0.457 e. The molecule has 0 N–H and O–H groups in total. The van der Waals surface area contributed by atoms with Crippen LogP contribution in [0, 0.1) is 25.2 Å². The molecule has 244 valence electrons. The first kappa shape index (κ1) is 31.9. The molecule has 6 heteroatoms. The number of aryl methyl sites for hydroxylation is 2. The number of rotatable bonds is 5. The first-order valence-electron chi connectivity index (χ1n) is 16.7. The Labute approximate surface area is 288 Å². The van der Waals surface area contributed by atoms with E-state index in [1.165, 1.54) is 22.3 Å². The van der Waals surface area contributed by atoms with Crippen molar-refractivity contribution < 1.29 is 4.74 Å². The molecule has 0 aliphatic carbocycles. The highest BCUT2D eigenvalue weighted by molar-refractivity contribution is 6.10. The first-order valence-corrected chi connectivity index (χ1v) is 16.7. The smallest absolute Gasteiger partial charge is 0.144 e. The van der Waals surface area contributed by atoms with Crippen LogP contribution in [-0.4, -0.2) is 19.1 Å². The summed E-state index contributed by atoms with van der Waals surface area (Å²) in [6, 6.07) is 31.1. The number of nitriles is 1. The van der Waals surface area contributed by atoms with Crippen LogP contribution in [0.2, 0.25) is 0 Å². The Hall–Kier alpha value is -5.67. The van der Waals surface area contributed by atoms with E-state index in [9.17, 15) is 5.26 Å². The Morgan fingerprint density at radius 1 is 0.673 bits per heavy atom. The molecule has 4 aromatic carbocycles. The minimum absolute atomic E-state index is 0.0360. The Kier molecular flexibility index (Phi) is 7.67. The van der Waals surface area contributed by atoms with Gasteiger partial charge in [-0.2, -0.15) is 5.26 Å². The molecule has 0 saturated heterocycles. The molecule has 49 heavy (non-hydrogen) atoms. The second kappa shape index (κ2) is 11.8. The van der Waals surface area contributed by atoms with Gasteiger partial charge in [0, 0.05) is 41.0 Å². The van der Waals surface area contributed by atoms with Gasteiger partial charge in [-0.05, 0) is 102 Å². The van der Waals surface area contributed by atoms with Gasteiger partial charge in [0.05, 0.1) is 28.4 Å². The van der Waals surface area contributed by atoms with Crippen LogP contribution in [0.25, 0.3) is 44.7 Å². The van der Waals surface area contributed by atoms with E-state index in [1.54, 1.807) is 0 Å². The maximum absolute atomic E-state index is 9.67. The largest absolute Gasteiger partial charge is 0.457 e. The molecule has 0 bridgehead atoms. The quantitative estimate of drug-likeness (QED) is 0.187. The summed E-state index contributed by atoms with van der Waals surface area (Å²) >= 11 is 0. The summed E-state index contributed by atoms with van der Waals surface area (Å²) < 4.78 is 10.9. The van der Waals surface area contributed by atoms with Crippen LogP contribution in [0.5, 0.6) is 11.5 Å². The molecule has 7 rings (SSSR count). The fourth-order valence-electron chi connectivity index (χ4n) is 6.69. The average Bonchev–Trinajstić information content (AvgIpc) is 3.66. The summed E-state index contributed by atoms with van der Waals surface area (Å²) in [5, 5.41) is 11.7. The van der Waals surface area contributed by atoms with Gasteiger partial charge in [-0.15, -0.1) is 0 Å². The van der Waals surface area contributed by atoms with Crippen molar-refractivity contribution in [2.45, 2.75) is 66.2 Å². The fraction of sp³-hybridized carbons (Fsp3) is 0.233. The predicted octanol–water partition coefficient (Wildman–Crippen LogP) is 10.9. The van der Waals surface area contributed by atoms with Gasteiger partial charge in [0.15, 0.2) is 0 Å². The van der Waals surface area contributed by atoms with E-state index < -0.39 is 0 Å². The van der Waals surface area contributed by atoms with Crippen LogP contribution in [0.1, 0.15) is 69.4 Å². The predicted molar refractivity (Wildman–Crippen MR) is 199 cm³/mol. The highest BCUT2D eigenvalue weighted by Gasteiger charge is 2.21. The molecular weight excluding hydrogens is 603 g/mol. The first-order chi connectivity index (χ1) is 23.3. The topological polar surface area (TPSA) is 68.7 Å². The normalized spacial score (nSPS) is 12.1. The molecule has 7 aromatic rings. The number of ether oxygens (including phenoxy) is 1. The third-order valence-corrected chi connectivity index (χ3v) is 9.27. The molecule has 3 aromatic heterocycles. The third kappa shape index (κ3) is 5.87. The number of nitrogens with zero attached hydrogens (tertiary/aromatic N) is 5. The van der Waals surface area contributed by atoms with Crippen LogP contribution in [0.4, 0.5) is 0 Å². The van der Waals surface area contributed by atoms with E-state index >= 15 is 0 Å². The fourth-order valence-corrected chi connectivity index (χ4v) is 6.69. The molecule has 0 fully saturated rings. The molecule has 0 saturated carbocycles. The number of imidazole rings is 1. The van der Waals surface area contributed by atoms with Crippen molar-refractivity contribution in [1.29, 1.82) is 5.26 Å². The number of aromatic nitrogens is 4. The van der Waals surface area contributed by atoms with E-state index in [-0.39, 0.29) is 10.8 Å². The second-order valence-corrected chi connectivity index (χ2v) is 15.0. The maximum Gasteiger partial charge on any atom is 0.144 e. The molecule has 3 heterocycles. The summed E-state index contributed by atoms with van der Waals surface area (Å²) in [7, 11) is 0. The van der Waals surface area contributed by atoms with Gasteiger partial charge in [0.25, 0.3) is 0 Å². The van der Waals surface area contributed by atoms with Gasteiger partial charge in [-0.3, -0.25) is 9.13 Å². The summed E-state index contributed by atoms with van der Waals surface area (Å²) in [6.45, 7) is 17.7. The molecule has 0 amide bonds. The van der Waals surface area contributed by atoms with Crippen molar-refractivity contribution in [2.75, 3.05) is 0 Å². The van der Waals surface area contributed by atoms with Crippen LogP contribution in [0.3, 0.4) is 0 Å². The van der Waals surface area contributed by atoms with Crippen molar-refractivity contribution in [3.8, 4) is 40.5 Å². The Bertz CT molecular complexity index is 2400. The Morgan fingerprint density at radius 3 is 2.12 bits per heavy atom. The molecule has 0 radical (unpaired) electrons. The SMILES string of the molecule is Cc1cc(C(C)(C)C)cc(C)c1-n1ccnc1-c1cccc(Oc2ccc3c4cc(C#N)ccc4n(-c4cc(C(C)(C)C)ccn4)c3c2)c1. The third-order valence-electron chi connectivity index (χ3n) is 9.27.